The molecule has 0 bridgehead atoms. The van der Waals surface area contributed by atoms with Crippen LogP contribution in [0.1, 0.15) is 24.8 Å². The fourth-order valence-electron chi connectivity index (χ4n) is 4.21. The predicted octanol–water partition coefficient (Wildman–Crippen LogP) is 1.70. The quantitative estimate of drug-likeness (QED) is 0.440. The topological polar surface area (TPSA) is 127 Å². The second kappa shape index (κ2) is 9.52. The summed E-state index contributed by atoms with van der Waals surface area (Å²) in [5.41, 5.74) is -0.464. The van der Waals surface area contributed by atoms with E-state index in [9.17, 15) is 32.3 Å². The van der Waals surface area contributed by atoms with Gasteiger partial charge in [-0.05, 0) is 25.3 Å². The van der Waals surface area contributed by atoms with Gasteiger partial charge in [-0.1, -0.05) is 6.07 Å². The second-order valence-electron chi connectivity index (χ2n) is 8.44. The van der Waals surface area contributed by atoms with Gasteiger partial charge >= 0.3 is 18.1 Å². The van der Waals surface area contributed by atoms with Crippen LogP contribution in [0.15, 0.2) is 23.0 Å². The minimum atomic E-state index is -4.93. The summed E-state index contributed by atoms with van der Waals surface area (Å²) < 4.78 is 54.9. The van der Waals surface area contributed by atoms with Crippen LogP contribution in [0.25, 0.3) is 0 Å². The molecule has 1 aromatic carbocycles. The maximum atomic E-state index is 14.3. The summed E-state index contributed by atoms with van der Waals surface area (Å²) in [5.74, 6) is -1.47. The molecule has 2 amide bonds. The van der Waals surface area contributed by atoms with Crippen molar-refractivity contribution in [3.63, 3.8) is 0 Å². The van der Waals surface area contributed by atoms with Crippen molar-refractivity contribution in [2.45, 2.75) is 44.3 Å². The standard InChI is InChI=1S/C20H24F4N6O4/c21-16-6-15(34-20(22,23)24)4-1-12(16)7-25-19(33)30(13-2-3-13)14-5-11(10-31)8-29(9-14)17-26-18(32)28-27-17/h1,4,6,11,13-14,31H,2-3,5,7-10H2,(H,25,33)(H2,26,27,28,32)/t11-,14+/m0/s1. The number of aliphatic hydroxyl groups excluding tert-OH is 1. The van der Waals surface area contributed by atoms with E-state index in [2.05, 4.69) is 25.2 Å². The number of rotatable bonds is 7. The van der Waals surface area contributed by atoms with E-state index in [-0.39, 0.29) is 36.7 Å². The van der Waals surface area contributed by atoms with Crippen LogP contribution in [0.2, 0.25) is 0 Å². The average molecular weight is 488 g/mol. The molecule has 34 heavy (non-hydrogen) atoms. The molecular formula is C20H24F4N6O4. The first-order valence-electron chi connectivity index (χ1n) is 10.7. The van der Waals surface area contributed by atoms with Crippen molar-refractivity contribution >= 4 is 12.0 Å². The molecular weight excluding hydrogens is 464 g/mol. The van der Waals surface area contributed by atoms with Gasteiger partial charge in [-0.15, -0.1) is 18.3 Å². The van der Waals surface area contributed by atoms with Gasteiger partial charge in [0.25, 0.3) is 0 Å². The second-order valence-corrected chi connectivity index (χ2v) is 8.44. The molecule has 1 aromatic heterocycles. The van der Waals surface area contributed by atoms with Crippen molar-refractivity contribution in [3.05, 3.63) is 40.1 Å². The Balaban J connectivity index is 1.44. The van der Waals surface area contributed by atoms with Crippen molar-refractivity contribution in [3.8, 4) is 5.75 Å². The first-order chi connectivity index (χ1) is 16.1. The lowest BCUT2D eigenvalue weighted by Gasteiger charge is -2.42. The van der Waals surface area contributed by atoms with Gasteiger partial charge in [-0.2, -0.15) is 0 Å². The molecule has 14 heteroatoms. The summed E-state index contributed by atoms with van der Waals surface area (Å²) in [4.78, 5) is 30.5. The first-order valence-corrected chi connectivity index (χ1v) is 10.7. The number of alkyl halides is 3. The average Bonchev–Trinajstić information content (AvgIpc) is 3.50. The molecule has 4 N–H and O–H groups in total. The molecule has 1 aliphatic carbocycles. The summed E-state index contributed by atoms with van der Waals surface area (Å²) in [6.07, 6.45) is -2.81. The van der Waals surface area contributed by atoms with Crippen LogP contribution < -0.4 is 20.6 Å². The van der Waals surface area contributed by atoms with Gasteiger partial charge in [-0.3, -0.25) is 4.98 Å². The molecule has 1 saturated heterocycles. The van der Waals surface area contributed by atoms with Crippen LogP contribution in [0, 0.1) is 11.7 Å². The minimum absolute atomic E-state index is 0.00576. The molecule has 10 nitrogen and oxygen atoms in total. The maximum absolute atomic E-state index is 14.3. The Morgan fingerprint density at radius 2 is 2.06 bits per heavy atom. The smallest absolute Gasteiger partial charge is 0.406 e. The van der Waals surface area contributed by atoms with Gasteiger partial charge in [0.1, 0.15) is 11.6 Å². The minimum Gasteiger partial charge on any atom is -0.406 e. The zero-order valence-electron chi connectivity index (χ0n) is 17.9. The van der Waals surface area contributed by atoms with E-state index in [1.165, 1.54) is 0 Å². The van der Waals surface area contributed by atoms with E-state index >= 15 is 0 Å². The number of urea groups is 1. The van der Waals surface area contributed by atoms with E-state index in [0.29, 0.717) is 31.5 Å². The van der Waals surface area contributed by atoms with Crippen molar-refractivity contribution in [2.24, 2.45) is 5.92 Å². The molecule has 4 rings (SSSR count). The fourth-order valence-corrected chi connectivity index (χ4v) is 4.21. The summed E-state index contributed by atoms with van der Waals surface area (Å²) in [5, 5.41) is 18.6. The molecule has 2 aliphatic rings. The number of aromatic nitrogens is 3. The number of halogens is 4. The Morgan fingerprint density at radius 1 is 1.29 bits per heavy atom. The van der Waals surface area contributed by atoms with Gasteiger partial charge in [0, 0.05) is 49.8 Å². The predicted molar refractivity (Wildman–Crippen MR) is 111 cm³/mol. The summed E-state index contributed by atoms with van der Waals surface area (Å²) in [7, 11) is 0. The van der Waals surface area contributed by atoms with Crippen LogP contribution in [0.5, 0.6) is 5.75 Å². The highest BCUT2D eigenvalue weighted by atomic mass is 19.4. The third kappa shape index (κ3) is 5.79. The van der Waals surface area contributed by atoms with Crippen molar-refractivity contribution in [1.29, 1.82) is 0 Å². The Kier molecular flexibility index (Phi) is 6.68. The number of hydrogen-bond acceptors (Lipinski definition) is 6. The highest BCUT2D eigenvalue weighted by Crippen LogP contribution is 2.33. The van der Waals surface area contributed by atoms with E-state index in [4.69, 9.17) is 0 Å². The molecule has 2 aromatic rings. The molecule has 186 valence electrons. The van der Waals surface area contributed by atoms with Crippen LogP contribution in [-0.2, 0) is 6.54 Å². The zero-order valence-corrected chi connectivity index (χ0v) is 17.9. The first kappa shape index (κ1) is 23.9. The third-order valence-corrected chi connectivity index (χ3v) is 5.82. The molecule has 0 unspecified atom stereocenters. The number of aromatic amines is 2. The van der Waals surface area contributed by atoms with Crippen LogP contribution in [0.3, 0.4) is 0 Å². The van der Waals surface area contributed by atoms with Gasteiger partial charge in [0.05, 0.1) is 6.04 Å². The number of benzene rings is 1. The zero-order chi connectivity index (χ0) is 24.5. The van der Waals surface area contributed by atoms with Gasteiger partial charge < -0.3 is 25.0 Å². The molecule has 2 heterocycles. The molecule has 0 radical (unpaired) electrons. The maximum Gasteiger partial charge on any atom is 0.573 e. The van der Waals surface area contributed by atoms with E-state index in [0.717, 1.165) is 25.0 Å². The Morgan fingerprint density at radius 3 is 2.65 bits per heavy atom. The van der Waals surface area contributed by atoms with Crippen molar-refractivity contribution in [1.82, 2.24) is 25.4 Å². The number of carbonyl (C=O) groups excluding carboxylic acids is 1. The third-order valence-electron chi connectivity index (χ3n) is 5.82. The Labute approximate surface area is 190 Å². The number of carbonyl (C=O) groups is 1. The Hall–Kier alpha value is -3.29. The number of H-pyrrole nitrogens is 2. The number of piperidine rings is 1. The van der Waals surface area contributed by atoms with Crippen molar-refractivity contribution < 1.29 is 32.2 Å². The highest BCUT2D eigenvalue weighted by Gasteiger charge is 2.41. The number of anilines is 1. The normalized spacial score (nSPS) is 20.8. The summed E-state index contributed by atoms with van der Waals surface area (Å²) >= 11 is 0. The lowest BCUT2D eigenvalue weighted by atomic mass is 9.94. The molecule has 1 saturated carbocycles. The molecule has 2 fully saturated rings. The van der Waals surface area contributed by atoms with E-state index in [1.54, 1.807) is 9.80 Å². The number of ether oxygens (including phenoxy) is 1. The molecule has 2 atom stereocenters. The van der Waals surface area contributed by atoms with Gasteiger partial charge in [-0.25, -0.2) is 19.1 Å². The molecule has 1 aliphatic heterocycles. The summed E-state index contributed by atoms with van der Waals surface area (Å²) in [6.45, 7) is 0.483. The lowest BCUT2D eigenvalue weighted by molar-refractivity contribution is -0.274. The molecule has 0 spiro atoms. The largest absolute Gasteiger partial charge is 0.573 e. The van der Waals surface area contributed by atoms with Gasteiger partial charge in [0.2, 0.25) is 5.95 Å². The van der Waals surface area contributed by atoms with Crippen LogP contribution >= 0.6 is 0 Å². The summed E-state index contributed by atoms with van der Waals surface area (Å²) in [6, 6.07) is 1.95. The highest BCUT2D eigenvalue weighted by molar-refractivity contribution is 5.75. The van der Waals surface area contributed by atoms with E-state index in [1.807, 2.05) is 0 Å². The Bertz CT molecular complexity index is 1070. The lowest BCUT2D eigenvalue weighted by Crippen LogP contribution is -2.56. The fraction of sp³-hybridized carbons (Fsp3) is 0.550. The SMILES string of the molecule is O=C(NCc1ccc(OC(F)(F)F)cc1F)N(C1CC1)[C@@H]1C[C@H](CO)CN(c2n[nH]c(=O)[nH]2)C1. The van der Waals surface area contributed by atoms with Crippen LogP contribution in [0.4, 0.5) is 28.3 Å². The monoisotopic (exact) mass is 488 g/mol. The number of nitrogens with zero attached hydrogens (tertiary/aromatic N) is 3. The number of amides is 2. The number of hydrogen-bond donors (Lipinski definition) is 4. The van der Waals surface area contributed by atoms with Gasteiger partial charge in [0.15, 0.2) is 0 Å². The van der Waals surface area contributed by atoms with E-state index < -0.39 is 29.6 Å². The number of aliphatic hydroxyl groups is 1. The van der Waals surface area contributed by atoms with Crippen molar-refractivity contribution in [2.75, 3.05) is 24.6 Å². The van der Waals surface area contributed by atoms with Crippen LogP contribution in [-0.4, -0.2) is 69.4 Å². The number of nitrogens with one attached hydrogen (secondary N) is 3.